The Morgan fingerprint density at radius 2 is 1.89 bits per heavy atom. The van der Waals surface area contributed by atoms with Gasteiger partial charge in [0.25, 0.3) is 0 Å². The van der Waals surface area contributed by atoms with Gasteiger partial charge in [-0.25, -0.2) is 8.42 Å². The monoisotopic (exact) mass is 394 g/mol. The van der Waals surface area contributed by atoms with Crippen molar-refractivity contribution in [1.29, 1.82) is 0 Å². The van der Waals surface area contributed by atoms with E-state index in [2.05, 4.69) is 36.2 Å². The molecule has 5 nitrogen and oxygen atoms in total. The smallest absolute Gasteiger partial charge is 0.237 e. The number of aryl methyl sites for hydroxylation is 1. The summed E-state index contributed by atoms with van der Waals surface area (Å²) in [6.45, 7) is 3.31. The molecule has 1 unspecified atom stereocenters. The molecule has 1 amide bonds. The van der Waals surface area contributed by atoms with Crippen LogP contribution in [0.25, 0.3) is 0 Å². The lowest BCUT2D eigenvalue weighted by Gasteiger charge is -2.34. The average Bonchev–Trinajstić information content (AvgIpc) is 2.65. The molecule has 2 rings (SSSR count). The van der Waals surface area contributed by atoms with Crippen LogP contribution in [0.5, 0.6) is 0 Å². The lowest BCUT2D eigenvalue weighted by atomic mass is 9.87. The van der Waals surface area contributed by atoms with Gasteiger partial charge < -0.3 is 4.90 Å². The standard InChI is InChI=1S/C21H34N2O3S/c1-4-5-8-16-27(25,26)17-21(24)23(3)15-14-22(2)20-13-9-11-18-10-6-7-12-19(18)20/h6-7,10,12,20H,4-5,8-9,11,13-17H2,1-3H3. The molecule has 1 atom stereocenters. The topological polar surface area (TPSA) is 57.7 Å². The van der Waals surface area contributed by atoms with Crippen LogP contribution in [-0.2, 0) is 21.1 Å². The van der Waals surface area contributed by atoms with E-state index in [0.29, 0.717) is 19.0 Å². The molecule has 0 fully saturated rings. The highest BCUT2D eigenvalue weighted by Crippen LogP contribution is 2.33. The second kappa shape index (κ2) is 10.2. The van der Waals surface area contributed by atoms with Crippen molar-refractivity contribution in [3.8, 4) is 0 Å². The van der Waals surface area contributed by atoms with Crippen LogP contribution in [0.1, 0.15) is 56.2 Å². The summed E-state index contributed by atoms with van der Waals surface area (Å²) in [5, 5.41) is 0. The van der Waals surface area contributed by atoms with Gasteiger partial charge in [-0.3, -0.25) is 9.69 Å². The zero-order valence-corrected chi connectivity index (χ0v) is 17.8. The van der Waals surface area contributed by atoms with Crippen molar-refractivity contribution in [3.05, 3.63) is 35.4 Å². The molecule has 0 spiro atoms. The van der Waals surface area contributed by atoms with Gasteiger partial charge in [-0.2, -0.15) is 0 Å². The summed E-state index contributed by atoms with van der Waals surface area (Å²) in [5.74, 6) is -0.563. The van der Waals surface area contributed by atoms with E-state index in [0.717, 1.165) is 32.2 Å². The summed E-state index contributed by atoms with van der Waals surface area (Å²) in [5.41, 5.74) is 2.81. The van der Waals surface area contributed by atoms with Crippen molar-refractivity contribution in [2.24, 2.45) is 0 Å². The number of sulfone groups is 1. The SMILES string of the molecule is CCCCCS(=O)(=O)CC(=O)N(C)CCN(C)C1CCCc2ccccc21. The molecule has 152 valence electrons. The second-order valence-electron chi connectivity index (χ2n) is 7.70. The fraction of sp³-hybridized carbons (Fsp3) is 0.667. The lowest BCUT2D eigenvalue weighted by Crippen LogP contribution is -2.39. The van der Waals surface area contributed by atoms with E-state index < -0.39 is 9.84 Å². The van der Waals surface area contributed by atoms with E-state index in [1.54, 1.807) is 11.9 Å². The lowest BCUT2D eigenvalue weighted by molar-refractivity contribution is -0.127. The van der Waals surface area contributed by atoms with E-state index >= 15 is 0 Å². The highest BCUT2D eigenvalue weighted by molar-refractivity contribution is 7.92. The molecule has 0 saturated carbocycles. The van der Waals surface area contributed by atoms with Crippen molar-refractivity contribution in [3.63, 3.8) is 0 Å². The van der Waals surface area contributed by atoms with Crippen molar-refractivity contribution < 1.29 is 13.2 Å². The highest BCUT2D eigenvalue weighted by Gasteiger charge is 2.24. The first-order valence-corrected chi connectivity index (χ1v) is 11.9. The van der Waals surface area contributed by atoms with Gasteiger partial charge in [0.1, 0.15) is 5.75 Å². The summed E-state index contributed by atoms with van der Waals surface area (Å²) in [6, 6.07) is 8.96. The maximum atomic E-state index is 12.3. The maximum absolute atomic E-state index is 12.3. The van der Waals surface area contributed by atoms with Crippen LogP contribution in [0.15, 0.2) is 24.3 Å². The number of fused-ring (bicyclic) bond motifs is 1. The number of hydrogen-bond donors (Lipinski definition) is 0. The third-order valence-corrected chi connectivity index (χ3v) is 7.08. The van der Waals surface area contributed by atoms with Gasteiger partial charge in [0.2, 0.25) is 5.91 Å². The Labute approximate surface area is 164 Å². The minimum Gasteiger partial charge on any atom is -0.344 e. The number of likely N-dealkylation sites (N-methyl/N-ethyl adjacent to an activating group) is 2. The van der Waals surface area contributed by atoms with Crippen LogP contribution in [0.3, 0.4) is 0 Å². The Morgan fingerprint density at radius 3 is 2.63 bits per heavy atom. The zero-order chi connectivity index (χ0) is 19.9. The van der Waals surface area contributed by atoms with Gasteiger partial charge in [-0.05, 0) is 43.9 Å². The van der Waals surface area contributed by atoms with Gasteiger partial charge >= 0.3 is 0 Å². The Kier molecular flexibility index (Phi) is 8.29. The molecule has 0 saturated heterocycles. The first-order valence-electron chi connectivity index (χ1n) is 10.1. The molecule has 0 radical (unpaired) electrons. The number of rotatable bonds is 10. The minimum atomic E-state index is -3.30. The summed E-state index contributed by atoms with van der Waals surface area (Å²) in [6.07, 6.45) is 5.93. The number of carbonyl (C=O) groups excluding carboxylic acids is 1. The molecule has 1 aromatic rings. The van der Waals surface area contributed by atoms with Gasteiger partial charge in [-0.15, -0.1) is 0 Å². The Balaban J connectivity index is 1.84. The minimum absolute atomic E-state index is 0.110. The maximum Gasteiger partial charge on any atom is 0.237 e. The van der Waals surface area contributed by atoms with Gasteiger partial charge in [-0.1, -0.05) is 44.0 Å². The van der Waals surface area contributed by atoms with Crippen LogP contribution in [0.2, 0.25) is 0 Å². The quantitative estimate of drug-likeness (QED) is 0.572. The van der Waals surface area contributed by atoms with Crippen molar-refractivity contribution in [2.45, 2.75) is 51.5 Å². The van der Waals surface area contributed by atoms with E-state index in [9.17, 15) is 13.2 Å². The summed E-state index contributed by atoms with van der Waals surface area (Å²) in [7, 11) is 0.489. The number of hydrogen-bond acceptors (Lipinski definition) is 4. The molecule has 0 heterocycles. The molecule has 6 heteroatoms. The molecular formula is C21H34N2O3S. The molecule has 0 N–H and O–H groups in total. The number of amides is 1. The van der Waals surface area contributed by atoms with E-state index in [4.69, 9.17) is 0 Å². The van der Waals surface area contributed by atoms with Crippen molar-refractivity contribution >= 4 is 15.7 Å². The molecular weight excluding hydrogens is 360 g/mol. The summed E-state index contributed by atoms with van der Waals surface area (Å²) >= 11 is 0. The Bertz CT molecular complexity index is 718. The van der Waals surface area contributed by atoms with Crippen LogP contribution < -0.4 is 0 Å². The van der Waals surface area contributed by atoms with E-state index in [1.165, 1.54) is 17.5 Å². The normalized spacial score (nSPS) is 17.0. The largest absolute Gasteiger partial charge is 0.344 e. The summed E-state index contributed by atoms with van der Waals surface area (Å²) < 4.78 is 24.2. The fourth-order valence-electron chi connectivity index (χ4n) is 3.72. The average molecular weight is 395 g/mol. The van der Waals surface area contributed by atoms with Crippen LogP contribution in [0.4, 0.5) is 0 Å². The molecule has 0 aromatic heterocycles. The van der Waals surface area contributed by atoms with Gasteiger partial charge in [0.15, 0.2) is 9.84 Å². The third kappa shape index (κ3) is 6.61. The highest BCUT2D eigenvalue weighted by atomic mass is 32.2. The summed E-state index contributed by atoms with van der Waals surface area (Å²) in [4.78, 5) is 16.2. The van der Waals surface area contributed by atoms with Crippen LogP contribution >= 0.6 is 0 Å². The van der Waals surface area contributed by atoms with Crippen LogP contribution in [0, 0.1) is 0 Å². The molecule has 0 bridgehead atoms. The molecule has 1 aliphatic rings. The fourth-order valence-corrected chi connectivity index (χ4v) is 5.10. The Morgan fingerprint density at radius 1 is 1.15 bits per heavy atom. The van der Waals surface area contributed by atoms with Crippen LogP contribution in [-0.4, -0.2) is 62.8 Å². The van der Waals surface area contributed by atoms with Gasteiger partial charge in [0.05, 0.1) is 5.75 Å². The molecule has 1 aliphatic carbocycles. The first-order chi connectivity index (χ1) is 12.8. The predicted molar refractivity (Wildman–Crippen MR) is 111 cm³/mol. The number of unbranched alkanes of at least 4 members (excludes halogenated alkanes) is 2. The second-order valence-corrected chi connectivity index (χ2v) is 9.89. The molecule has 27 heavy (non-hydrogen) atoms. The van der Waals surface area contributed by atoms with Crippen molar-refractivity contribution in [1.82, 2.24) is 9.80 Å². The molecule has 1 aromatic carbocycles. The number of nitrogens with zero attached hydrogens (tertiary/aromatic N) is 2. The Hall–Kier alpha value is -1.40. The van der Waals surface area contributed by atoms with E-state index in [-0.39, 0.29) is 17.4 Å². The van der Waals surface area contributed by atoms with E-state index in [1.807, 2.05) is 6.92 Å². The predicted octanol–water partition coefficient (Wildman–Crippen LogP) is 3.06. The number of carbonyl (C=O) groups is 1. The third-order valence-electron chi connectivity index (χ3n) is 5.49. The first kappa shape index (κ1) is 21.9. The number of benzene rings is 1. The zero-order valence-electron chi connectivity index (χ0n) is 17.0. The van der Waals surface area contributed by atoms with Crippen molar-refractivity contribution in [2.75, 3.05) is 38.7 Å². The molecule has 0 aliphatic heterocycles. The van der Waals surface area contributed by atoms with Gasteiger partial charge in [0, 0.05) is 26.2 Å².